The van der Waals surface area contributed by atoms with Crippen LogP contribution in [0.4, 0.5) is 0 Å². The van der Waals surface area contributed by atoms with E-state index in [1.165, 1.54) is 16.7 Å². The van der Waals surface area contributed by atoms with Gasteiger partial charge >= 0.3 is 0 Å². The number of halogens is 2. The summed E-state index contributed by atoms with van der Waals surface area (Å²) in [6.07, 6.45) is 8.85. The number of allylic oxidation sites excluding steroid dienone is 1. The number of hydrogen-bond acceptors (Lipinski definition) is 1. The van der Waals surface area contributed by atoms with Crippen LogP contribution < -0.4 is 0 Å². The quantitative estimate of drug-likeness (QED) is 0.599. The molecule has 1 aromatic heterocycles. The average molecular weight is 341 g/mol. The molecule has 0 amide bonds. The minimum absolute atomic E-state index is 0.238. The first kappa shape index (κ1) is 14.6. The molecule has 2 nitrogen and oxygen atoms in total. The zero-order valence-electron chi connectivity index (χ0n) is 12.3. The summed E-state index contributed by atoms with van der Waals surface area (Å²) in [5.41, 5.74) is 4.91. The van der Waals surface area contributed by atoms with Crippen molar-refractivity contribution >= 4 is 34.9 Å². The summed E-state index contributed by atoms with van der Waals surface area (Å²) in [6.45, 7) is 0. The number of imidazole rings is 1. The Morgan fingerprint density at radius 3 is 2.57 bits per heavy atom. The molecular weight excluding hydrogens is 327 g/mol. The largest absolute Gasteiger partial charge is 0.330 e. The van der Waals surface area contributed by atoms with Crippen molar-refractivity contribution < 1.29 is 0 Å². The van der Waals surface area contributed by atoms with E-state index >= 15 is 0 Å². The highest BCUT2D eigenvalue weighted by Crippen LogP contribution is 2.42. The first-order valence-electron chi connectivity index (χ1n) is 7.44. The predicted molar refractivity (Wildman–Crippen MR) is 95.7 cm³/mol. The summed E-state index contributed by atoms with van der Waals surface area (Å²) >= 11 is 12.2. The first-order chi connectivity index (χ1) is 11.2. The lowest BCUT2D eigenvalue weighted by atomic mass is 10.0. The Labute approximate surface area is 145 Å². The van der Waals surface area contributed by atoms with E-state index in [2.05, 4.69) is 27.8 Å². The van der Waals surface area contributed by atoms with Gasteiger partial charge in [0.25, 0.3) is 0 Å². The second-order valence-electron chi connectivity index (χ2n) is 5.68. The average Bonchev–Trinajstić information content (AvgIpc) is 3.18. The number of benzene rings is 2. The zero-order valence-corrected chi connectivity index (χ0v) is 13.8. The first-order valence-corrected chi connectivity index (χ1v) is 8.20. The highest BCUT2D eigenvalue weighted by Gasteiger charge is 2.28. The molecule has 1 unspecified atom stereocenters. The molecule has 1 atom stereocenters. The molecule has 0 bridgehead atoms. The Balaban J connectivity index is 1.85. The van der Waals surface area contributed by atoms with Gasteiger partial charge in [0.15, 0.2) is 0 Å². The minimum atomic E-state index is 0.238. The molecule has 0 spiro atoms. The van der Waals surface area contributed by atoms with Crippen LogP contribution in [-0.4, -0.2) is 9.55 Å². The van der Waals surface area contributed by atoms with E-state index in [-0.39, 0.29) is 6.04 Å². The van der Waals surface area contributed by atoms with E-state index < -0.39 is 0 Å². The molecule has 3 aromatic rings. The van der Waals surface area contributed by atoms with E-state index in [4.69, 9.17) is 23.2 Å². The Hall–Kier alpha value is -2.03. The summed E-state index contributed by atoms with van der Waals surface area (Å²) in [6, 6.07) is 14.2. The molecule has 0 N–H and O–H groups in total. The summed E-state index contributed by atoms with van der Waals surface area (Å²) < 4.78 is 2.15. The fraction of sp³-hybridized carbons (Fsp3) is 0.105. The van der Waals surface area contributed by atoms with Crippen molar-refractivity contribution in [3.8, 4) is 0 Å². The standard InChI is InChI=1S/C19H14Cl2N2/c20-15-4-1-13(2-5-15)9-18-17-11-16(21)6-3-14(17)10-19(18)23-8-7-22-12-23/h1-9,11-12,19H,10H2. The van der Waals surface area contributed by atoms with Gasteiger partial charge in [0.1, 0.15) is 0 Å². The van der Waals surface area contributed by atoms with Crippen molar-refractivity contribution in [2.45, 2.75) is 12.5 Å². The number of rotatable bonds is 2. The van der Waals surface area contributed by atoms with Crippen molar-refractivity contribution in [1.82, 2.24) is 9.55 Å². The van der Waals surface area contributed by atoms with Crippen LogP contribution in [0.1, 0.15) is 22.7 Å². The Kier molecular flexibility index (Phi) is 3.72. The van der Waals surface area contributed by atoms with Gasteiger partial charge in [-0.2, -0.15) is 0 Å². The molecule has 0 aliphatic heterocycles. The lowest BCUT2D eigenvalue weighted by Gasteiger charge is -2.14. The number of nitrogens with zero attached hydrogens (tertiary/aromatic N) is 2. The molecule has 1 aliphatic carbocycles. The Morgan fingerprint density at radius 2 is 1.83 bits per heavy atom. The van der Waals surface area contributed by atoms with Crippen LogP contribution in [0.2, 0.25) is 10.0 Å². The van der Waals surface area contributed by atoms with Crippen LogP contribution in [0, 0.1) is 0 Å². The molecule has 0 saturated heterocycles. The van der Waals surface area contributed by atoms with Gasteiger partial charge in [0.05, 0.1) is 12.4 Å². The third kappa shape index (κ3) is 2.80. The molecule has 0 saturated carbocycles. The van der Waals surface area contributed by atoms with E-state index in [1.54, 1.807) is 0 Å². The van der Waals surface area contributed by atoms with Crippen molar-refractivity contribution in [3.63, 3.8) is 0 Å². The highest BCUT2D eigenvalue weighted by molar-refractivity contribution is 6.31. The summed E-state index contributed by atoms with van der Waals surface area (Å²) in [7, 11) is 0. The molecule has 0 radical (unpaired) electrons. The van der Waals surface area contributed by atoms with Crippen LogP contribution >= 0.6 is 23.2 Å². The molecule has 4 rings (SSSR count). The third-order valence-electron chi connectivity index (χ3n) is 4.23. The molecule has 4 heteroatoms. The van der Waals surface area contributed by atoms with Crippen LogP contribution in [-0.2, 0) is 6.42 Å². The van der Waals surface area contributed by atoms with Gasteiger partial charge in [-0.3, -0.25) is 0 Å². The van der Waals surface area contributed by atoms with E-state index in [0.717, 1.165) is 22.0 Å². The van der Waals surface area contributed by atoms with Crippen LogP contribution in [0.25, 0.3) is 11.6 Å². The molecule has 1 aliphatic rings. The summed E-state index contributed by atoms with van der Waals surface area (Å²) in [5, 5.41) is 1.50. The predicted octanol–water partition coefficient (Wildman–Crippen LogP) is 5.53. The fourth-order valence-corrected chi connectivity index (χ4v) is 3.42. The zero-order chi connectivity index (χ0) is 15.8. The molecule has 1 heterocycles. The van der Waals surface area contributed by atoms with Crippen LogP contribution in [0.15, 0.2) is 61.2 Å². The van der Waals surface area contributed by atoms with Crippen molar-refractivity contribution in [3.05, 3.63) is 87.9 Å². The van der Waals surface area contributed by atoms with Crippen molar-refractivity contribution in [1.29, 1.82) is 0 Å². The topological polar surface area (TPSA) is 17.8 Å². The van der Waals surface area contributed by atoms with Crippen molar-refractivity contribution in [2.75, 3.05) is 0 Å². The van der Waals surface area contributed by atoms with Gasteiger partial charge in [-0.15, -0.1) is 0 Å². The van der Waals surface area contributed by atoms with Gasteiger partial charge < -0.3 is 4.57 Å². The van der Waals surface area contributed by atoms with Crippen LogP contribution in [0.5, 0.6) is 0 Å². The van der Waals surface area contributed by atoms with E-state index in [9.17, 15) is 0 Å². The normalized spacial score (nSPS) is 18.3. The monoisotopic (exact) mass is 340 g/mol. The third-order valence-corrected chi connectivity index (χ3v) is 4.72. The second kappa shape index (κ2) is 5.88. The summed E-state index contributed by atoms with van der Waals surface area (Å²) in [4.78, 5) is 4.19. The maximum Gasteiger partial charge on any atom is 0.0951 e. The maximum absolute atomic E-state index is 6.22. The van der Waals surface area contributed by atoms with Gasteiger partial charge in [-0.05, 0) is 59.0 Å². The molecule has 0 fully saturated rings. The van der Waals surface area contributed by atoms with E-state index in [1.807, 2.05) is 49.1 Å². The minimum Gasteiger partial charge on any atom is -0.330 e. The lowest BCUT2D eigenvalue weighted by Crippen LogP contribution is -2.05. The Morgan fingerprint density at radius 1 is 1.04 bits per heavy atom. The number of hydrogen-bond donors (Lipinski definition) is 0. The van der Waals surface area contributed by atoms with Crippen LogP contribution in [0.3, 0.4) is 0 Å². The van der Waals surface area contributed by atoms with Gasteiger partial charge in [0, 0.05) is 22.4 Å². The SMILES string of the molecule is Clc1ccc(C=C2c3cc(Cl)ccc3CC2n2ccnc2)cc1. The van der Waals surface area contributed by atoms with Gasteiger partial charge in [-0.1, -0.05) is 41.4 Å². The second-order valence-corrected chi connectivity index (χ2v) is 6.56. The molecular formula is C19H14Cl2N2. The van der Waals surface area contributed by atoms with Crippen molar-refractivity contribution in [2.24, 2.45) is 0 Å². The maximum atomic E-state index is 6.22. The number of aromatic nitrogens is 2. The van der Waals surface area contributed by atoms with Gasteiger partial charge in [-0.25, -0.2) is 4.98 Å². The number of fused-ring (bicyclic) bond motifs is 1. The Bertz CT molecular complexity index is 865. The lowest BCUT2D eigenvalue weighted by molar-refractivity contribution is 0.638. The molecule has 23 heavy (non-hydrogen) atoms. The highest BCUT2D eigenvalue weighted by atomic mass is 35.5. The molecule has 114 valence electrons. The fourth-order valence-electron chi connectivity index (χ4n) is 3.13. The summed E-state index contributed by atoms with van der Waals surface area (Å²) in [5.74, 6) is 0. The molecule has 2 aromatic carbocycles. The van der Waals surface area contributed by atoms with Gasteiger partial charge in [0.2, 0.25) is 0 Å². The van der Waals surface area contributed by atoms with E-state index in [0.29, 0.717) is 0 Å². The smallest absolute Gasteiger partial charge is 0.0951 e.